The van der Waals surface area contributed by atoms with Crippen molar-refractivity contribution >= 4 is 17.9 Å². The number of nitrogens with two attached hydrogens (primary N) is 2. The number of hydrogen-bond acceptors (Lipinski definition) is 1. The molecular weight excluding hydrogens is 226 g/mol. The number of benzene rings is 1. The van der Waals surface area contributed by atoms with Crippen LogP contribution < -0.4 is 11.5 Å². The third-order valence-corrected chi connectivity index (χ3v) is 3.21. The molecule has 0 bridgehead atoms. The van der Waals surface area contributed by atoms with E-state index < -0.39 is 0 Å². The summed E-state index contributed by atoms with van der Waals surface area (Å²) in [7, 11) is 0. The predicted molar refractivity (Wildman–Crippen MR) is 72.9 cm³/mol. The van der Waals surface area contributed by atoms with Crippen LogP contribution in [0.5, 0.6) is 0 Å². The highest BCUT2D eigenvalue weighted by molar-refractivity contribution is 6.04. The minimum Gasteiger partial charge on any atom is -0.370 e. The van der Waals surface area contributed by atoms with Gasteiger partial charge in [0.05, 0.1) is 0 Å². The zero-order chi connectivity index (χ0) is 13.1. The molecule has 1 aromatic carbocycles. The van der Waals surface area contributed by atoms with Gasteiger partial charge in [-0.1, -0.05) is 31.2 Å². The smallest absolute Gasteiger partial charge is 0.276 e. The molecule has 0 saturated heterocycles. The molecule has 1 aromatic rings. The summed E-state index contributed by atoms with van der Waals surface area (Å²) in [5.41, 5.74) is 13.5. The van der Waals surface area contributed by atoms with Gasteiger partial charge in [-0.2, -0.15) is 4.99 Å². The van der Waals surface area contributed by atoms with Crippen LogP contribution in [0.3, 0.4) is 0 Å². The molecule has 2 rings (SSSR count). The Labute approximate surface area is 106 Å². The number of hydrogen-bond donors (Lipinski definition) is 2. The Balaban J connectivity index is 2.39. The maximum atomic E-state index is 11.9. The van der Waals surface area contributed by atoms with Crippen LogP contribution in [0.15, 0.2) is 34.8 Å². The normalized spacial score (nSPS) is 18.3. The van der Waals surface area contributed by atoms with Gasteiger partial charge in [0.15, 0.2) is 5.96 Å². The summed E-state index contributed by atoms with van der Waals surface area (Å²) >= 11 is 0. The molecule has 4 heteroatoms. The molecule has 1 amide bonds. The van der Waals surface area contributed by atoms with Gasteiger partial charge < -0.3 is 11.5 Å². The summed E-state index contributed by atoms with van der Waals surface area (Å²) < 4.78 is 0. The van der Waals surface area contributed by atoms with E-state index in [-0.39, 0.29) is 11.9 Å². The molecule has 1 aliphatic rings. The lowest BCUT2D eigenvalue weighted by Crippen LogP contribution is -2.24. The Bertz CT molecular complexity index is 528. The number of rotatable bonds is 1. The number of amides is 1. The molecule has 0 heterocycles. The fourth-order valence-electron chi connectivity index (χ4n) is 2.24. The van der Waals surface area contributed by atoms with Gasteiger partial charge in [0.2, 0.25) is 0 Å². The van der Waals surface area contributed by atoms with E-state index in [0.717, 1.165) is 12.0 Å². The Morgan fingerprint density at radius 3 is 2.78 bits per heavy atom. The zero-order valence-electron chi connectivity index (χ0n) is 10.4. The first-order chi connectivity index (χ1) is 8.58. The third-order valence-electron chi connectivity index (χ3n) is 3.21. The number of nitrogens with zero attached hydrogens (tertiary/aromatic N) is 1. The van der Waals surface area contributed by atoms with E-state index in [1.807, 2.05) is 24.3 Å². The molecule has 94 valence electrons. The Kier molecular flexibility index (Phi) is 3.46. The molecule has 1 aliphatic carbocycles. The number of fused-ring (bicyclic) bond motifs is 1. The molecule has 0 saturated carbocycles. The Hall–Kier alpha value is -2.10. The van der Waals surface area contributed by atoms with E-state index in [0.29, 0.717) is 17.9 Å². The lowest BCUT2D eigenvalue weighted by Gasteiger charge is -2.10. The molecule has 0 radical (unpaired) electrons. The molecule has 0 aliphatic heterocycles. The van der Waals surface area contributed by atoms with Gasteiger partial charge in [-0.3, -0.25) is 4.79 Å². The van der Waals surface area contributed by atoms with Crippen molar-refractivity contribution in [2.24, 2.45) is 16.5 Å². The van der Waals surface area contributed by atoms with Crippen LogP contribution >= 0.6 is 0 Å². The molecule has 0 spiro atoms. The van der Waals surface area contributed by atoms with Crippen molar-refractivity contribution in [1.82, 2.24) is 0 Å². The molecule has 4 N–H and O–H groups in total. The minimum absolute atomic E-state index is 0.188. The van der Waals surface area contributed by atoms with E-state index in [4.69, 9.17) is 11.5 Å². The lowest BCUT2D eigenvalue weighted by molar-refractivity contribution is -0.114. The minimum atomic E-state index is -0.334. The molecule has 4 nitrogen and oxygen atoms in total. The van der Waals surface area contributed by atoms with Crippen molar-refractivity contribution in [2.45, 2.75) is 25.7 Å². The number of aliphatic imine (C=N–C) groups is 1. The fourth-order valence-corrected chi connectivity index (χ4v) is 2.24. The number of carbonyl (C=O) groups is 1. The number of carbonyl (C=O) groups excluding carboxylic acids is 1. The molecule has 1 unspecified atom stereocenters. The van der Waals surface area contributed by atoms with Crippen molar-refractivity contribution in [3.63, 3.8) is 0 Å². The standard InChI is InChI=1S/C14H17N3O/c1-9-6-7-11(13(18)17-14(15)16)8-10-4-2-3-5-12(9)10/h2-5,8-9H,6-7H2,1H3,(H4,15,16,17,18). The summed E-state index contributed by atoms with van der Waals surface area (Å²) in [6, 6.07) is 8.10. The average Bonchev–Trinajstić information content (AvgIpc) is 2.49. The van der Waals surface area contributed by atoms with Crippen LogP contribution in [0.1, 0.15) is 36.8 Å². The highest BCUT2D eigenvalue weighted by atomic mass is 16.1. The van der Waals surface area contributed by atoms with Gasteiger partial charge in [0.25, 0.3) is 5.91 Å². The van der Waals surface area contributed by atoms with Crippen LogP contribution in [0, 0.1) is 0 Å². The monoisotopic (exact) mass is 243 g/mol. The fraction of sp³-hybridized carbons (Fsp3) is 0.286. The Morgan fingerprint density at radius 2 is 2.06 bits per heavy atom. The summed E-state index contributed by atoms with van der Waals surface area (Å²) in [5, 5.41) is 0. The van der Waals surface area contributed by atoms with E-state index >= 15 is 0 Å². The predicted octanol–water partition coefficient (Wildman–Crippen LogP) is 1.77. The quantitative estimate of drug-likeness (QED) is 0.582. The SMILES string of the molecule is CC1CCC(C(=O)N=C(N)N)=Cc2ccccc21. The largest absolute Gasteiger partial charge is 0.370 e. The van der Waals surface area contributed by atoms with E-state index in [9.17, 15) is 4.79 Å². The summed E-state index contributed by atoms with van der Waals surface area (Å²) in [5.74, 6) is -0.0904. The van der Waals surface area contributed by atoms with Gasteiger partial charge in [0.1, 0.15) is 0 Å². The first kappa shape index (κ1) is 12.4. The maximum absolute atomic E-state index is 11.9. The van der Waals surface area contributed by atoms with Gasteiger partial charge in [0, 0.05) is 5.57 Å². The average molecular weight is 243 g/mol. The molecule has 18 heavy (non-hydrogen) atoms. The molecule has 0 fully saturated rings. The topological polar surface area (TPSA) is 81.5 Å². The second-order valence-corrected chi connectivity index (χ2v) is 4.58. The first-order valence-corrected chi connectivity index (χ1v) is 6.01. The van der Waals surface area contributed by atoms with E-state index in [1.165, 1.54) is 5.56 Å². The second-order valence-electron chi connectivity index (χ2n) is 4.58. The second kappa shape index (κ2) is 5.04. The summed E-state index contributed by atoms with van der Waals surface area (Å²) in [6.07, 6.45) is 3.52. The van der Waals surface area contributed by atoms with Gasteiger partial charge >= 0.3 is 0 Å². The van der Waals surface area contributed by atoms with Gasteiger partial charge in [-0.25, -0.2) is 0 Å². The third kappa shape index (κ3) is 2.59. The van der Waals surface area contributed by atoms with Crippen LogP contribution in [0.25, 0.3) is 6.08 Å². The van der Waals surface area contributed by atoms with Gasteiger partial charge in [-0.05, 0) is 36.0 Å². The summed E-state index contributed by atoms with van der Waals surface area (Å²) in [6.45, 7) is 2.17. The molecule has 0 aromatic heterocycles. The summed E-state index contributed by atoms with van der Waals surface area (Å²) in [4.78, 5) is 15.5. The Morgan fingerprint density at radius 1 is 1.33 bits per heavy atom. The maximum Gasteiger partial charge on any atom is 0.276 e. The van der Waals surface area contributed by atoms with E-state index in [2.05, 4.69) is 18.0 Å². The van der Waals surface area contributed by atoms with Crippen LogP contribution in [0.4, 0.5) is 0 Å². The lowest BCUT2D eigenvalue weighted by atomic mass is 9.94. The van der Waals surface area contributed by atoms with Crippen molar-refractivity contribution in [2.75, 3.05) is 0 Å². The van der Waals surface area contributed by atoms with Crippen LogP contribution in [-0.2, 0) is 4.79 Å². The van der Waals surface area contributed by atoms with E-state index in [1.54, 1.807) is 0 Å². The van der Waals surface area contributed by atoms with Crippen molar-refractivity contribution in [1.29, 1.82) is 0 Å². The molecular formula is C14H17N3O. The van der Waals surface area contributed by atoms with Crippen molar-refractivity contribution in [3.05, 3.63) is 41.0 Å². The highest BCUT2D eigenvalue weighted by Gasteiger charge is 2.18. The van der Waals surface area contributed by atoms with Crippen molar-refractivity contribution in [3.8, 4) is 0 Å². The first-order valence-electron chi connectivity index (χ1n) is 6.01. The number of guanidine groups is 1. The molecule has 1 atom stereocenters. The van der Waals surface area contributed by atoms with Crippen LogP contribution in [0.2, 0.25) is 0 Å². The van der Waals surface area contributed by atoms with Crippen LogP contribution in [-0.4, -0.2) is 11.9 Å². The highest BCUT2D eigenvalue weighted by Crippen LogP contribution is 2.31. The zero-order valence-corrected chi connectivity index (χ0v) is 10.4. The van der Waals surface area contributed by atoms with Gasteiger partial charge in [-0.15, -0.1) is 0 Å². The van der Waals surface area contributed by atoms with Crippen molar-refractivity contribution < 1.29 is 4.79 Å².